The molecule has 0 radical (unpaired) electrons. The maximum absolute atomic E-state index is 6.45. The number of anilines is 3. The van der Waals surface area contributed by atoms with Crippen molar-refractivity contribution in [3.05, 3.63) is 243 Å². The number of aromatic nitrogens is 1. The molecule has 4 nitrogen and oxygen atoms in total. The number of para-hydroxylation sites is 4. The molecule has 0 saturated carbocycles. The van der Waals surface area contributed by atoms with Crippen LogP contribution in [-0.4, -0.2) is 4.57 Å². The van der Waals surface area contributed by atoms with Crippen molar-refractivity contribution in [2.24, 2.45) is 0 Å². The Kier molecular flexibility index (Phi) is 8.55. The molecular weight excluding hydrogens is 829 g/mol. The molecule has 14 aromatic rings. The lowest BCUT2D eigenvalue weighted by molar-refractivity contribution is 0.669. The normalized spacial score (nSPS) is 11.8. The van der Waals surface area contributed by atoms with Crippen LogP contribution in [0.15, 0.2) is 251 Å². The molecule has 0 aliphatic carbocycles. The van der Waals surface area contributed by atoms with E-state index in [4.69, 9.17) is 8.83 Å². The monoisotopic (exact) mass is 868 g/mol. The first-order chi connectivity index (χ1) is 33.7. The summed E-state index contributed by atoms with van der Waals surface area (Å²) in [5.74, 6) is 0. The van der Waals surface area contributed by atoms with E-state index in [9.17, 15) is 0 Å². The first-order valence-corrected chi connectivity index (χ1v) is 23.1. The standard InChI is InChI=1S/C64H40N2O2/c1-2-13-45-40-64-57(37-44(45)12-1)56-39-47(29-35-63(56)68-64)51-16-3-7-20-58(51)65(49-32-26-42(27-33-49)46-28-34-62-55(38-46)54-19-6-10-23-61(54)67-62)48-30-24-41(25-31-48)43-14-11-15-50(36-43)66-59-21-8-4-17-52(59)53-18-5-9-22-60(53)66/h1-40H. The Labute approximate surface area is 391 Å². The number of fused-ring (bicyclic) bond motifs is 10. The second-order valence-electron chi connectivity index (χ2n) is 17.7. The molecule has 68 heavy (non-hydrogen) atoms. The lowest BCUT2D eigenvalue weighted by Gasteiger charge is -2.28. The molecule has 0 aliphatic rings. The van der Waals surface area contributed by atoms with Gasteiger partial charge in [-0.3, -0.25) is 0 Å². The largest absolute Gasteiger partial charge is 0.456 e. The Hall–Kier alpha value is -9.12. The van der Waals surface area contributed by atoms with Gasteiger partial charge in [0.15, 0.2) is 0 Å². The summed E-state index contributed by atoms with van der Waals surface area (Å²) in [5, 5.41) is 9.34. The summed E-state index contributed by atoms with van der Waals surface area (Å²) in [5.41, 5.74) is 17.1. The molecule has 11 aromatic carbocycles. The summed E-state index contributed by atoms with van der Waals surface area (Å²) in [7, 11) is 0. The summed E-state index contributed by atoms with van der Waals surface area (Å²) < 4.78 is 15.0. The second-order valence-corrected chi connectivity index (χ2v) is 17.7. The van der Waals surface area contributed by atoms with Gasteiger partial charge in [-0.05, 0) is 136 Å². The zero-order valence-corrected chi connectivity index (χ0v) is 36.8. The Morgan fingerprint density at radius 2 is 0.794 bits per heavy atom. The highest BCUT2D eigenvalue weighted by Gasteiger charge is 2.20. The molecule has 318 valence electrons. The number of nitrogens with zero attached hydrogens (tertiary/aromatic N) is 2. The van der Waals surface area contributed by atoms with Crippen LogP contribution < -0.4 is 4.90 Å². The third kappa shape index (κ3) is 6.15. The molecule has 0 unspecified atom stereocenters. The van der Waals surface area contributed by atoms with Crippen LogP contribution in [-0.2, 0) is 0 Å². The van der Waals surface area contributed by atoms with Crippen molar-refractivity contribution < 1.29 is 8.83 Å². The molecule has 0 saturated heterocycles. The van der Waals surface area contributed by atoms with Crippen LogP contribution >= 0.6 is 0 Å². The molecule has 0 spiro atoms. The van der Waals surface area contributed by atoms with Gasteiger partial charge in [0, 0.05) is 54.9 Å². The molecule has 0 bridgehead atoms. The van der Waals surface area contributed by atoms with Gasteiger partial charge in [-0.15, -0.1) is 0 Å². The predicted molar refractivity (Wildman–Crippen MR) is 284 cm³/mol. The van der Waals surface area contributed by atoms with Gasteiger partial charge in [-0.25, -0.2) is 0 Å². The summed E-state index contributed by atoms with van der Waals surface area (Å²) in [6, 6.07) is 87.2. The zero-order chi connectivity index (χ0) is 44.7. The predicted octanol–water partition coefficient (Wildman–Crippen LogP) is 18.2. The smallest absolute Gasteiger partial charge is 0.136 e. The van der Waals surface area contributed by atoms with Crippen LogP contribution in [0.4, 0.5) is 17.1 Å². The van der Waals surface area contributed by atoms with Crippen molar-refractivity contribution in [3.63, 3.8) is 0 Å². The van der Waals surface area contributed by atoms with Crippen LogP contribution in [0.3, 0.4) is 0 Å². The van der Waals surface area contributed by atoms with Crippen molar-refractivity contribution in [1.29, 1.82) is 0 Å². The van der Waals surface area contributed by atoms with Gasteiger partial charge in [0.1, 0.15) is 22.3 Å². The van der Waals surface area contributed by atoms with Crippen molar-refractivity contribution >= 4 is 93.5 Å². The molecule has 0 fully saturated rings. The summed E-state index contributed by atoms with van der Waals surface area (Å²) >= 11 is 0. The van der Waals surface area contributed by atoms with E-state index in [1.807, 2.05) is 12.1 Å². The highest BCUT2D eigenvalue weighted by molar-refractivity contribution is 6.12. The van der Waals surface area contributed by atoms with Crippen LogP contribution in [0.25, 0.3) is 116 Å². The topological polar surface area (TPSA) is 34.5 Å². The minimum Gasteiger partial charge on any atom is -0.456 e. The summed E-state index contributed by atoms with van der Waals surface area (Å²) in [6.45, 7) is 0. The van der Waals surface area contributed by atoms with Crippen LogP contribution in [0.5, 0.6) is 0 Å². The van der Waals surface area contributed by atoms with E-state index < -0.39 is 0 Å². The van der Waals surface area contributed by atoms with Gasteiger partial charge >= 0.3 is 0 Å². The van der Waals surface area contributed by atoms with E-state index in [-0.39, 0.29) is 0 Å². The fourth-order valence-corrected chi connectivity index (χ4v) is 10.5. The van der Waals surface area contributed by atoms with E-state index in [1.54, 1.807) is 0 Å². The third-order valence-corrected chi connectivity index (χ3v) is 13.8. The van der Waals surface area contributed by atoms with Crippen LogP contribution in [0, 0.1) is 0 Å². The van der Waals surface area contributed by atoms with Crippen LogP contribution in [0.1, 0.15) is 0 Å². The van der Waals surface area contributed by atoms with Crippen molar-refractivity contribution in [2.75, 3.05) is 4.90 Å². The summed E-state index contributed by atoms with van der Waals surface area (Å²) in [4.78, 5) is 2.38. The Bertz CT molecular complexity index is 4210. The molecule has 0 amide bonds. The maximum Gasteiger partial charge on any atom is 0.136 e. The fourth-order valence-electron chi connectivity index (χ4n) is 10.5. The van der Waals surface area contributed by atoms with Gasteiger partial charge in [0.25, 0.3) is 0 Å². The number of benzene rings is 11. The SMILES string of the molecule is c1cc(-c2ccc(N(c3ccc(-c4ccc5oc6ccccc6c5c4)cc3)c3ccccc3-c3ccc4oc5cc6ccccc6cc5c4c3)cc2)cc(-n2c3ccccc3c3ccccc32)c1. The average molecular weight is 869 g/mol. The van der Waals surface area contributed by atoms with Crippen molar-refractivity contribution in [1.82, 2.24) is 4.57 Å². The quantitative estimate of drug-likeness (QED) is 0.160. The molecule has 0 aliphatic heterocycles. The minimum atomic E-state index is 0.878. The van der Waals surface area contributed by atoms with Gasteiger partial charge in [-0.2, -0.15) is 0 Å². The van der Waals surface area contributed by atoms with Crippen LogP contribution in [0.2, 0.25) is 0 Å². The highest BCUT2D eigenvalue weighted by Crippen LogP contribution is 2.44. The molecule has 0 atom stereocenters. The van der Waals surface area contributed by atoms with Gasteiger partial charge in [0.2, 0.25) is 0 Å². The van der Waals surface area contributed by atoms with Gasteiger partial charge in [-0.1, -0.05) is 146 Å². The fraction of sp³-hybridized carbons (Fsp3) is 0. The van der Waals surface area contributed by atoms with E-state index >= 15 is 0 Å². The first-order valence-electron chi connectivity index (χ1n) is 23.1. The Morgan fingerprint density at radius 1 is 0.294 bits per heavy atom. The molecule has 3 heterocycles. The molecule has 4 heteroatoms. The molecule has 14 rings (SSSR count). The Morgan fingerprint density at radius 3 is 1.51 bits per heavy atom. The molecule has 3 aromatic heterocycles. The molecular formula is C64H40N2O2. The first kappa shape index (κ1) is 38.2. The number of rotatable bonds is 7. The second kappa shape index (κ2) is 15.2. The van der Waals surface area contributed by atoms with Crippen molar-refractivity contribution in [3.8, 4) is 39.1 Å². The lowest BCUT2D eigenvalue weighted by atomic mass is 9.98. The van der Waals surface area contributed by atoms with Crippen molar-refractivity contribution in [2.45, 2.75) is 0 Å². The van der Waals surface area contributed by atoms with E-state index in [1.165, 1.54) is 32.6 Å². The summed E-state index contributed by atoms with van der Waals surface area (Å²) in [6.07, 6.45) is 0. The lowest BCUT2D eigenvalue weighted by Crippen LogP contribution is -2.11. The number of hydrogen-bond acceptors (Lipinski definition) is 3. The Balaban J connectivity index is 0.886. The van der Waals surface area contributed by atoms with E-state index in [2.05, 4.69) is 240 Å². The minimum absolute atomic E-state index is 0.878. The zero-order valence-electron chi connectivity index (χ0n) is 36.8. The maximum atomic E-state index is 6.45. The highest BCUT2D eigenvalue weighted by atomic mass is 16.3. The van der Waals surface area contributed by atoms with E-state index in [0.29, 0.717) is 0 Å². The van der Waals surface area contributed by atoms with Gasteiger partial charge in [0.05, 0.1) is 16.7 Å². The third-order valence-electron chi connectivity index (χ3n) is 13.8. The number of hydrogen-bond donors (Lipinski definition) is 0. The number of furan rings is 2. The molecule has 0 N–H and O–H groups in total. The van der Waals surface area contributed by atoms with Gasteiger partial charge < -0.3 is 18.3 Å². The van der Waals surface area contributed by atoms with E-state index in [0.717, 1.165) is 100 Å². The average Bonchev–Trinajstić information content (AvgIpc) is 4.07.